The van der Waals surface area contributed by atoms with Crippen LogP contribution in [-0.4, -0.2) is 48.5 Å². The van der Waals surface area contributed by atoms with E-state index in [2.05, 4.69) is 0 Å². The smallest absolute Gasteiger partial charge is 0.175 e. The van der Waals surface area contributed by atoms with Crippen LogP contribution in [0.15, 0.2) is 24.3 Å². The molecule has 0 heterocycles. The fraction of sp³-hybridized carbons (Fsp3) is 0.462. The van der Waals surface area contributed by atoms with Crippen molar-refractivity contribution in [3.05, 3.63) is 29.8 Å². The van der Waals surface area contributed by atoms with E-state index in [0.717, 1.165) is 6.26 Å². The van der Waals surface area contributed by atoms with Crippen LogP contribution in [0.5, 0.6) is 5.75 Å². The van der Waals surface area contributed by atoms with Gasteiger partial charge in [0.2, 0.25) is 0 Å². The molecule has 1 rings (SSSR count). The molecule has 1 unspecified atom stereocenters. The number of benzene rings is 1. The summed E-state index contributed by atoms with van der Waals surface area (Å²) >= 11 is 0. The maximum atomic E-state index is 11.9. The third kappa shape index (κ3) is 6.29. The van der Waals surface area contributed by atoms with Crippen molar-refractivity contribution in [3.8, 4) is 5.75 Å². The van der Waals surface area contributed by atoms with Gasteiger partial charge in [-0.25, -0.2) is 8.42 Å². The molecule has 0 aromatic heterocycles. The number of rotatable bonds is 8. The molecule has 0 fully saturated rings. The van der Waals surface area contributed by atoms with E-state index in [-0.39, 0.29) is 23.0 Å². The summed E-state index contributed by atoms with van der Waals surface area (Å²) in [6, 6.07) is 6.58. The summed E-state index contributed by atoms with van der Waals surface area (Å²) < 4.78 is 38.8. The Hall–Kier alpha value is -1.21. The second-order valence-electron chi connectivity index (χ2n) is 4.30. The van der Waals surface area contributed by atoms with Crippen molar-refractivity contribution in [1.82, 2.24) is 0 Å². The number of hydrogen-bond donors (Lipinski definition) is 0. The summed E-state index contributed by atoms with van der Waals surface area (Å²) in [6.45, 7) is 2.41. The van der Waals surface area contributed by atoms with Gasteiger partial charge in [0.1, 0.15) is 15.6 Å². The minimum Gasteiger partial charge on any atom is -0.494 e. The number of hydrogen-bond acceptors (Lipinski definition) is 5. The van der Waals surface area contributed by atoms with Gasteiger partial charge >= 0.3 is 0 Å². The van der Waals surface area contributed by atoms with Crippen LogP contribution in [0.25, 0.3) is 0 Å². The maximum Gasteiger partial charge on any atom is 0.175 e. The zero-order chi connectivity index (χ0) is 15.2. The molecule has 1 aromatic rings. The van der Waals surface area contributed by atoms with E-state index >= 15 is 0 Å². The molecule has 1 aromatic carbocycles. The summed E-state index contributed by atoms with van der Waals surface area (Å²) in [4.78, 5) is 11.9. The lowest BCUT2D eigenvalue weighted by Crippen LogP contribution is -2.18. The standard InChI is InChI=1S/C13H18O5S2/c1-3-18-12-6-4-11(5-7-12)13(14)10-19(15)8-9-20(2,16)17/h4-7H,3,8-10H2,1-2H3. The zero-order valence-corrected chi connectivity index (χ0v) is 13.1. The second-order valence-corrected chi connectivity index (χ2v) is 8.14. The number of carbonyl (C=O) groups is 1. The molecule has 0 aliphatic rings. The molecule has 7 heteroatoms. The molecular weight excluding hydrogens is 300 g/mol. The highest BCUT2D eigenvalue weighted by atomic mass is 32.2. The van der Waals surface area contributed by atoms with E-state index in [1.165, 1.54) is 0 Å². The van der Waals surface area contributed by atoms with Gasteiger partial charge in [0.05, 0.1) is 18.1 Å². The zero-order valence-electron chi connectivity index (χ0n) is 11.5. The number of sulfone groups is 1. The van der Waals surface area contributed by atoms with Crippen molar-refractivity contribution in [3.63, 3.8) is 0 Å². The number of ether oxygens (including phenoxy) is 1. The minimum atomic E-state index is -3.15. The first-order chi connectivity index (χ1) is 9.31. The Kier molecular flexibility index (Phi) is 6.35. The molecule has 5 nitrogen and oxygen atoms in total. The molecular formula is C13H18O5S2. The first kappa shape index (κ1) is 16.8. The lowest BCUT2D eigenvalue weighted by molar-refractivity contribution is 0.102. The van der Waals surface area contributed by atoms with Crippen LogP contribution < -0.4 is 4.74 Å². The molecule has 112 valence electrons. The van der Waals surface area contributed by atoms with E-state index < -0.39 is 20.6 Å². The average Bonchev–Trinajstić information content (AvgIpc) is 2.37. The quantitative estimate of drug-likeness (QED) is 0.670. The van der Waals surface area contributed by atoms with E-state index in [4.69, 9.17) is 4.74 Å². The molecule has 0 spiro atoms. The first-order valence-corrected chi connectivity index (χ1v) is 9.65. The molecule has 20 heavy (non-hydrogen) atoms. The van der Waals surface area contributed by atoms with Crippen molar-refractivity contribution in [2.45, 2.75) is 6.92 Å². The predicted octanol–water partition coefficient (Wildman–Crippen LogP) is 1.06. The molecule has 1 atom stereocenters. The lowest BCUT2D eigenvalue weighted by Gasteiger charge is -2.04. The highest BCUT2D eigenvalue weighted by Gasteiger charge is 2.13. The normalized spacial score (nSPS) is 12.9. The highest BCUT2D eigenvalue weighted by molar-refractivity contribution is 7.92. The molecule has 0 saturated carbocycles. The lowest BCUT2D eigenvalue weighted by atomic mass is 10.1. The molecule has 0 radical (unpaired) electrons. The monoisotopic (exact) mass is 318 g/mol. The Morgan fingerprint density at radius 1 is 1.25 bits per heavy atom. The highest BCUT2D eigenvalue weighted by Crippen LogP contribution is 2.12. The van der Waals surface area contributed by atoms with Crippen molar-refractivity contribution in [2.75, 3.05) is 30.1 Å². The van der Waals surface area contributed by atoms with Crippen LogP contribution in [-0.2, 0) is 20.6 Å². The van der Waals surface area contributed by atoms with Gasteiger partial charge in [-0.2, -0.15) is 0 Å². The van der Waals surface area contributed by atoms with Gasteiger partial charge in [0.15, 0.2) is 5.78 Å². The van der Waals surface area contributed by atoms with Crippen LogP contribution in [0.1, 0.15) is 17.3 Å². The number of ketones is 1. The number of carbonyl (C=O) groups excluding carboxylic acids is 1. The SMILES string of the molecule is CCOc1ccc(C(=O)CS(=O)CCS(C)(=O)=O)cc1. The number of Topliss-reactive ketones (excluding diaryl/α,β-unsaturated/α-hetero) is 1. The summed E-state index contributed by atoms with van der Waals surface area (Å²) in [7, 11) is -4.62. The summed E-state index contributed by atoms with van der Waals surface area (Å²) in [5.41, 5.74) is 0.446. The average molecular weight is 318 g/mol. The topological polar surface area (TPSA) is 77.5 Å². The Morgan fingerprint density at radius 2 is 1.85 bits per heavy atom. The largest absolute Gasteiger partial charge is 0.494 e. The van der Waals surface area contributed by atoms with Gasteiger partial charge in [-0.05, 0) is 31.2 Å². The van der Waals surface area contributed by atoms with Crippen LogP contribution in [0, 0.1) is 0 Å². The van der Waals surface area contributed by atoms with E-state index in [1.54, 1.807) is 24.3 Å². The van der Waals surface area contributed by atoms with Gasteiger partial charge in [0, 0.05) is 28.4 Å². The summed E-state index contributed by atoms with van der Waals surface area (Å²) in [5.74, 6) is 0.0588. The Bertz CT molecular complexity index is 575. The van der Waals surface area contributed by atoms with E-state index in [9.17, 15) is 17.4 Å². The molecule has 0 N–H and O–H groups in total. The van der Waals surface area contributed by atoms with Crippen LogP contribution in [0.2, 0.25) is 0 Å². The van der Waals surface area contributed by atoms with Gasteiger partial charge in [-0.3, -0.25) is 9.00 Å². The fourth-order valence-electron chi connectivity index (χ4n) is 1.45. The van der Waals surface area contributed by atoms with Crippen molar-refractivity contribution >= 4 is 26.4 Å². The second kappa shape index (κ2) is 7.54. The minimum absolute atomic E-state index is 0.0123. The van der Waals surface area contributed by atoms with Crippen molar-refractivity contribution in [1.29, 1.82) is 0 Å². The third-order valence-corrected chi connectivity index (χ3v) is 4.91. The van der Waals surface area contributed by atoms with Crippen LogP contribution >= 0.6 is 0 Å². The Labute approximate surface area is 121 Å². The predicted molar refractivity (Wildman–Crippen MR) is 79.5 cm³/mol. The molecule has 0 saturated heterocycles. The first-order valence-electron chi connectivity index (χ1n) is 6.10. The van der Waals surface area contributed by atoms with E-state index in [1.807, 2.05) is 6.92 Å². The molecule has 0 aliphatic carbocycles. The van der Waals surface area contributed by atoms with Gasteiger partial charge in [0.25, 0.3) is 0 Å². The maximum absolute atomic E-state index is 11.9. The Morgan fingerprint density at radius 3 is 2.35 bits per heavy atom. The van der Waals surface area contributed by atoms with Gasteiger partial charge < -0.3 is 4.74 Å². The van der Waals surface area contributed by atoms with Crippen molar-refractivity contribution in [2.24, 2.45) is 0 Å². The van der Waals surface area contributed by atoms with Crippen LogP contribution in [0.3, 0.4) is 0 Å². The van der Waals surface area contributed by atoms with E-state index in [0.29, 0.717) is 17.9 Å². The Balaban J connectivity index is 2.55. The van der Waals surface area contributed by atoms with Crippen LogP contribution in [0.4, 0.5) is 0 Å². The molecule has 0 bridgehead atoms. The molecule has 0 aliphatic heterocycles. The van der Waals surface area contributed by atoms with Gasteiger partial charge in [-0.1, -0.05) is 0 Å². The third-order valence-electron chi connectivity index (χ3n) is 2.46. The van der Waals surface area contributed by atoms with Crippen molar-refractivity contribution < 1.29 is 22.2 Å². The summed E-state index contributed by atoms with van der Waals surface area (Å²) in [6.07, 6.45) is 1.08. The van der Waals surface area contributed by atoms with Gasteiger partial charge in [-0.15, -0.1) is 0 Å². The molecule has 0 amide bonds. The fourth-order valence-corrected chi connectivity index (χ4v) is 4.01. The summed E-state index contributed by atoms with van der Waals surface area (Å²) in [5, 5.41) is 0.